The van der Waals surface area contributed by atoms with E-state index >= 15 is 0 Å². The number of carbonyl (C=O) groups excluding carboxylic acids is 1. The number of amides is 1. The molecule has 0 aliphatic carbocycles. The van der Waals surface area contributed by atoms with Crippen molar-refractivity contribution >= 4 is 5.91 Å². The third-order valence-corrected chi connectivity index (χ3v) is 7.30. The quantitative estimate of drug-likeness (QED) is 0.240. The highest BCUT2D eigenvalue weighted by molar-refractivity contribution is 5.97. The van der Waals surface area contributed by atoms with Gasteiger partial charge in [-0.25, -0.2) is 0 Å². The zero-order valence-electron chi connectivity index (χ0n) is 21.8. The Labute approximate surface area is 228 Å². The number of benzene rings is 4. The number of hydrogen-bond donors (Lipinski definition) is 1. The van der Waals surface area contributed by atoms with Gasteiger partial charge < -0.3 is 19.4 Å². The van der Waals surface area contributed by atoms with Crippen LogP contribution >= 0.6 is 0 Å². The molecule has 4 aromatic carbocycles. The minimum Gasteiger partial charge on any atom is -0.454 e. The van der Waals surface area contributed by atoms with Crippen LogP contribution in [0, 0.1) is 6.92 Å². The molecule has 194 valence electrons. The number of hydrogen-bond acceptors (Lipinski definition) is 3. The van der Waals surface area contributed by atoms with Gasteiger partial charge in [0, 0.05) is 29.9 Å². The van der Waals surface area contributed by atoms with Crippen molar-refractivity contribution in [1.82, 2.24) is 9.88 Å². The Morgan fingerprint density at radius 3 is 2.08 bits per heavy atom. The maximum atomic E-state index is 13.6. The van der Waals surface area contributed by atoms with Gasteiger partial charge in [0.15, 0.2) is 11.5 Å². The fourth-order valence-corrected chi connectivity index (χ4v) is 5.34. The molecule has 1 amide bonds. The predicted molar refractivity (Wildman–Crippen MR) is 154 cm³/mol. The summed E-state index contributed by atoms with van der Waals surface area (Å²) in [7, 11) is 0. The smallest absolute Gasteiger partial charge is 0.253 e. The first-order valence-corrected chi connectivity index (χ1v) is 13.2. The van der Waals surface area contributed by atoms with E-state index in [1.165, 1.54) is 11.1 Å². The van der Waals surface area contributed by atoms with Gasteiger partial charge in [-0.1, -0.05) is 91.0 Å². The summed E-state index contributed by atoms with van der Waals surface area (Å²) in [6.45, 7) is 2.76. The van der Waals surface area contributed by atoms with Gasteiger partial charge in [0.25, 0.3) is 5.91 Å². The highest BCUT2D eigenvalue weighted by Gasteiger charge is 2.22. The molecule has 0 atom stereocenters. The molecule has 1 aliphatic rings. The first-order valence-electron chi connectivity index (χ1n) is 13.2. The maximum absolute atomic E-state index is 13.6. The number of nitrogens with one attached hydrogen (secondary N) is 1. The summed E-state index contributed by atoms with van der Waals surface area (Å²) < 4.78 is 13.3. The minimum absolute atomic E-state index is 0.0796. The molecule has 0 fully saturated rings. The van der Waals surface area contributed by atoms with Crippen molar-refractivity contribution < 1.29 is 14.3 Å². The van der Waals surface area contributed by atoms with Gasteiger partial charge in [0.1, 0.15) is 0 Å². The molecule has 0 saturated carbocycles. The zero-order chi connectivity index (χ0) is 26.6. The fourth-order valence-electron chi connectivity index (χ4n) is 5.34. The van der Waals surface area contributed by atoms with Gasteiger partial charge in [-0.2, -0.15) is 0 Å². The molecule has 0 radical (unpaired) electrons. The Balaban J connectivity index is 1.28. The largest absolute Gasteiger partial charge is 0.454 e. The molecule has 1 aromatic heterocycles. The normalized spacial score (nSPS) is 12.1. The zero-order valence-corrected chi connectivity index (χ0v) is 21.8. The van der Waals surface area contributed by atoms with Crippen LogP contribution in [0.5, 0.6) is 11.5 Å². The van der Waals surface area contributed by atoms with Crippen LogP contribution in [0.2, 0.25) is 0 Å². The summed E-state index contributed by atoms with van der Waals surface area (Å²) in [5.41, 5.74) is 6.91. The van der Waals surface area contributed by atoms with Crippen molar-refractivity contribution in [3.05, 3.63) is 138 Å². The second-order valence-electron chi connectivity index (χ2n) is 9.69. The summed E-state index contributed by atoms with van der Waals surface area (Å²) in [4.78, 5) is 13.6. The van der Waals surface area contributed by atoms with E-state index < -0.39 is 0 Å². The van der Waals surface area contributed by atoms with Crippen LogP contribution in [-0.2, 0) is 0 Å². The first-order chi connectivity index (χ1) is 19.2. The van der Waals surface area contributed by atoms with Crippen molar-refractivity contribution in [2.75, 3.05) is 13.3 Å². The van der Waals surface area contributed by atoms with Crippen molar-refractivity contribution in [1.29, 1.82) is 0 Å². The van der Waals surface area contributed by atoms with E-state index in [0.717, 1.165) is 34.8 Å². The number of carbonyl (C=O) groups is 1. The van der Waals surface area contributed by atoms with Crippen LogP contribution in [0.15, 0.2) is 115 Å². The van der Waals surface area contributed by atoms with Crippen molar-refractivity contribution in [3.63, 3.8) is 0 Å². The van der Waals surface area contributed by atoms with Gasteiger partial charge in [-0.05, 0) is 48.2 Å². The molecule has 39 heavy (non-hydrogen) atoms. The molecule has 0 unspecified atom stereocenters. The molecule has 1 aliphatic heterocycles. The van der Waals surface area contributed by atoms with E-state index in [1.807, 2.05) is 61.5 Å². The second-order valence-corrected chi connectivity index (χ2v) is 9.69. The summed E-state index contributed by atoms with van der Waals surface area (Å²) in [6, 6.07) is 38.9. The van der Waals surface area contributed by atoms with E-state index in [1.54, 1.807) is 0 Å². The highest BCUT2D eigenvalue weighted by Crippen LogP contribution is 2.37. The molecule has 1 N–H and O–H groups in total. The van der Waals surface area contributed by atoms with Crippen LogP contribution in [0.1, 0.15) is 39.5 Å². The van der Waals surface area contributed by atoms with E-state index in [4.69, 9.17) is 9.47 Å². The molecule has 6 rings (SSSR count). The van der Waals surface area contributed by atoms with Crippen molar-refractivity contribution in [2.45, 2.75) is 19.3 Å². The van der Waals surface area contributed by atoms with Gasteiger partial charge >= 0.3 is 0 Å². The Bertz CT molecular complexity index is 1540. The van der Waals surface area contributed by atoms with Crippen LogP contribution in [0.4, 0.5) is 0 Å². The molecule has 0 spiro atoms. The summed E-state index contributed by atoms with van der Waals surface area (Å²) >= 11 is 0. The average Bonchev–Trinajstić information content (AvgIpc) is 3.60. The lowest BCUT2D eigenvalue weighted by molar-refractivity contribution is 0.0952. The SMILES string of the molecule is Cc1c(C(=O)NCCC(c2ccccc2)c2ccccc2)cc(-c2ccccc2)n1-c1ccc2c(c1)OCO2. The van der Waals surface area contributed by atoms with Crippen LogP contribution in [-0.4, -0.2) is 23.8 Å². The van der Waals surface area contributed by atoms with Gasteiger partial charge in [-0.15, -0.1) is 0 Å². The van der Waals surface area contributed by atoms with Crippen LogP contribution in [0.3, 0.4) is 0 Å². The molecule has 5 heteroatoms. The standard InChI is InChI=1S/C34H30N2O3/c1-24-30(34(37)35-20-19-29(25-11-5-2-6-12-25)26-13-7-3-8-14-26)22-31(27-15-9-4-10-16-27)36(24)28-17-18-32-33(21-28)39-23-38-32/h2-18,21-22,29H,19-20,23H2,1H3,(H,35,37). The summed E-state index contributed by atoms with van der Waals surface area (Å²) in [5.74, 6) is 1.56. The number of ether oxygens (including phenoxy) is 2. The third kappa shape index (κ3) is 5.04. The molecular weight excluding hydrogens is 484 g/mol. The fraction of sp³-hybridized carbons (Fsp3) is 0.147. The van der Waals surface area contributed by atoms with E-state index in [9.17, 15) is 4.79 Å². The molecule has 0 saturated heterocycles. The van der Waals surface area contributed by atoms with E-state index in [2.05, 4.69) is 70.5 Å². The first kappa shape index (κ1) is 24.6. The molecular formula is C34H30N2O3. The van der Waals surface area contributed by atoms with Gasteiger partial charge in [0.05, 0.1) is 11.3 Å². The maximum Gasteiger partial charge on any atom is 0.253 e. The van der Waals surface area contributed by atoms with Gasteiger partial charge in [0.2, 0.25) is 6.79 Å². The topological polar surface area (TPSA) is 52.5 Å². The molecule has 5 nitrogen and oxygen atoms in total. The third-order valence-electron chi connectivity index (χ3n) is 7.30. The molecule has 2 heterocycles. The average molecular weight is 515 g/mol. The monoisotopic (exact) mass is 514 g/mol. The van der Waals surface area contributed by atoms with Crippen LogP contribution in [0.25, 0.3) is 16.9 Å². The van der Waals surface area contributed by atoms with Gasteiger partial charge in [-0.3, -0.25) is 4.79 Å². The van der Waals surface area contributed by atoms with Crippen molar-refractivity contribution in [3.8, 4) is 28.4 Å². The summed E-state index contributed by atoms with van der Waals surface area (Å²) in [6.07, 6.45) is 0.799. The Morgan fingerprint density at radius 2 is 1.41 bits per heavy atom. The lowest BCUT2D eigenvalue weighted by Crippen LogP contribution is -2.26. The minimum atomic E-state index is -0.0796. The molecule has 0 bridgehead atoms. The Morgan fingerprint density at radius 1 is 0.795 bits per heavy atom. The Hall–Kier alpha value is -4.77. The number of rotatable bonds is 8. The predicted octanol–water partition coefficient (Wildman–Crippen LogP) is 7.13. The van der Waals surface area contributed by atoms with E-state index in [-0.39, 0.29) is 18.6 Å². The summed E-state index contributed by atoms with van der Waals surface area (Å²) in [5, 5.41) is 3.20. The lowest BCUT2D eigenvalue weighted by atomic mass is 9.88. The number of nitrogens with zero attached hydrogens (tertiary/aromatic N) is 1. The Kier molecular flexibility index (Phi) is 6.88. The lowest BCUT2D eigenvalue weighted by Gasteiger charge is -2.18. The van der Waals surface area contributed by atoms with E-state index in [0.29, 0.717) is 17.9 Å². The van der Waals surface area contributed by atoms with Crippen molar-refractivity contribution in [2.24, 2.45) is 0 Å². The highest BCUT2D eigenvalue weighted by atomic mass is 16.7. The van der Waals surface area contributed by atoms with Crippen LogP contribution < -0.4 is 14.8 Å². The second kappa shape index (κ2) is 10.9. The number of fused-ring (bicyclic) bond motifs is 1. The molecule has 5 aromatic rings. The number of aromatic nitrogens is 1.